The number of nitrogens with zero attached hydrogens (tertiary/aromatic N) is 2. The molecule has 1 aliphatic carbocycles. The largest absolute Gasteiger partial charge is 0.481 e. The molecule has 1 heterocycles. The summed E-state index contributed by atoms with van der Waals surface area (Å²) in [5, 5.41) is 15.9. The minimum absolute atomic E-state index is 0.131. The fourth-order valence-electron chi connectivity index (χ4n) is 2.68. The predicted molar refractivity (Wildman–Crippen MR) is 73.2 cm³/mol. The standard InChI is InChI=1S/C14H14FN3O3/c1-18-10-4-2-3-9(15)11(10)12(17-18)16-13(19)7-5-6-8(7)14(20)21/h2-4,7-8H,5-6H2,1H3,(H,20,21)(H,16,17,19)/t7-,8-/m1/s1. The van der Waals surface area contributed by atoms with E-state index in [9.17, 15) is 14.0 Å². The monoisotopic (exact) mass is 291 g/mol. The molecule has 7 heteroatoms. The normalized spacial score (nSPS) is 21.0. The van der Waals surface area contributed by atoms with Crippen LogP contribution in [0.2, 0.25) is 0 Å². The van der Waals surface area contributed by atoms with Gasteiger partial charge >= 0.3 is 5.97 Å². The number of carboxylic acids is 1. The van der Waals surface area contributed by atoms with E-state index in [1.807, 2.05) is 0 Å². The molecule has 0 radical (unpaired) electrons. The van der Waals surface area contributed by atoms with Crippen molar-refractivity contribution in [3.05, 3.63) is 24.0 Å². The first-order valence-corrected chi connectivity index (χ1v) is 6.64. The zero-order chi connectivity index (χ0) is 15.1. The number of carboxylic acid groups (broad SMARTS) is 1. The number of nitrogens with one attached hydrogen (secondary N) is 1. The Kier molecular flexibility index (Phi) is 3.12. The summed E-state index contributed by atoms with van der Waals surface area (Å²) in [5.74, 6) is -2.97. The van der Waals surface area contributed by atoms with E-state index in [0.29, 0.717) is 18.4 Å². The Balaban J connectivity index is 1.89. The van der Waals surface area contributed by atoms with Crippen LogP contribution in [-0.4, -0.2) is 26.8 Å². The third-order valence-electron chi connectivity index (χ3n) is 4.00. The number of anilines is 1. The smallest absolute Gasteiger partial charge is 0.307 e. The second-order valence-electron chi connectivity index (χ2n) is 5.22. The minimum Gasteiger partial charge on any atom is -0.481 e. The topological polar surface area (TPSA) is 84.2 Å². The highest BCUT2D eigenvalue weighted by Crippen LogP contribution is 2.36. The first-order valence-electron chi connectivity index (χ1n) is 6.64. The van der Waals surface area contributed by atoms with E-state index in [-0.39, 0.29) is 11.2 Å². The van der Waals surface area contributed by atoms with Crippen molar-refractivity contribution in [3.8, 4) is 0 Å². The Morgan fingerprint density at radius 3 is 2.71 bits per heavy atom. The van der Waals surface area contributed by atoms with Crippen molar-refractivity contribution in [2.24, 2.45) is 18.9 Å². The van der Waals surface area contributed by atoms with Crippen LogP contribution in [0.15, 0.2) is 18.2 Å². The number of amides is 1. The van der Waals surface area contributed by atoms with Gasteiger partial charge in [-0.3, -0.25) is 14.3 Å². The Morgan fingerprint density at radius 2 is 2.10 bits per heavy atom. The molecule has 1 saturated carbocycles. The van der Waals surface area contributed by atoms with Gasteiger partial charge in [-0.1, -0.05) is 6.07 Å². The number of hydrogen-bond acceptors (Lipinski definition) is 3. The first-order chi connectivity index (χ1) is 9.99. The maximum atomic E-state index is 13.9. The van der Waals surface area contributed by atoms with Crippen molar-refractivity contribution in [3.63, 3.8) is 0 Å². The quantitative estimate of drug-likeness (QED) is 0.902. The van der Waals surface area contributed by atoms with Crippen molar-refractivity contribution >= 4 is 28.6 Å². The third-order valence-corrected chi connectivity index (χ3v) is 4.00. The van der Waals surface area contributed by atoms with Crippen molar-refractivity contribution in [1.82, 2.24) is 9.78 Å². The van der Waals surface area contributed by atoms with E-state index in [1.54, 1.807) is 19.2 Å². The summed E-state index contributed by atoms with van der Waals surface area (Å²) in [5.41, 5.74) is 0.564. The molecule has 3 rings (SSSR count). The summed E-state index contributed by atoms with van der Waals surface area (Å²) in [6.07, 6.45) is 1.01. The molecule has 2 N–H and O–H groups in total. The van der Waals surface area contributed by atoms with Gasteiger partial charge < -0.3 is 10.4 Å². The van der Waals surface area contributed by atoms with Gasteiger partial charge in [-0.15, -0.1) is 0 Å². The van der Waals surface area contributed by atoms with Crippen LogP contribution in [0.1, 0.15) is 12.8 Å². The lowest BCUT2D eigenvalue weighted by molar-refractivity contribution is -0.151. The predicted octanol–water partition coefficient (Wildman–Crippen LogP) is 1.76. The molecule has 1 aromatic carbocycles. The van der Waals surface area contributed by atoms with Gasteiger partial charge in [-0.25, -0.2) is 4.39 Å². The summed E-state index contributed by atoms with van der Waals surface area (Å²) >= 11 is 0. The number of aliphatic carboxylic acids is 1. The van der Waals surface area contributed by atoms with E-state index >= 15 is 0 Å². The average molecular weight is 291 g/mol. The molecule has 0 saturated heterocycles. The molecule has 0 aliphatic heterocycles. The molecule has 2 aromatic rings. The third kappa shape index (κ3) is 2.14. The van der Waals surface area contributed by atoms with Gasteiger partial charge in [0.25, 0.3) is 0 Å². The molecule has 0 spiro atoms. The van der Waals surface area contributed by atoms with E-state index in [1.165, 1.54) is 10.7 Å². The van der Waals surface area contributed by atoms with Gasteiger partial charge in [-0.05, 0) is 25.0 Å². The minimum atomic E-state index is -0.974. The lowest BCUT2D eigenvalue weighted by atomic mass is 9.73. The maximum absolute atomic E-state index is 13.9. The van der Waals surface area contributed by atoms with Crippen molar-refractivity contribution < 1.29 is 19.1 Å². The van der Waals surface area contributed by atoms with Gasteiger partial charge in [0.1, 0.15) is 5.82 Å². The highest BCUT2D eigenvalue weighted by atomic mass is 19.1. The molecule has 1 aliphatic rings. The lowest BCUT2D eigenvalue weighted by Crippen LogP contribution is -2.41. The van der Waals surface area contributed by atoms with Crippen molar-refractivity contribution in [2.45, 2.75) is 12.8 Å². The number of aromatic nitrogens is 2. The zero-order valence-corrected chi connectivity index (χ0v) is 11.3. The van der Waals surface area contributed by atoms with Crippen LogP contribution in [0.3, 0.4) is 0 Å². The van der Waals surface area contributed by atoms with Crippen LogP contribution in [0.4, 0.5) is 10.2 Å². The number of carbonyl (C=O) groups is 2. The molecule has 110 valence electrons. The fraction of sp³-hybridized carbons (Fsp3) is 0.357. The Morgan fingerprint density at radius 1 is 1.38 bits per heavy atom. The van der Waals surface area contributed by atoms with E-state index in [0.717, 1.165) is 0 Å². The molecule has 1 amide bonds. The summed E-state index contributed by atoms with van der Waals surface area (Å²) in [7, 11) is 1.65. The summed E-state index contributed by atoms with van der Waals surface area (Å²) in [6.45, 7) is 0. The first kappa shape index (κ1) is 13.5. The van der Waals surface area contributed by atoms with Crippen LogP contribution >= 0.6 is 0 Å². The maximum Gasteiger partial charge on any atom is 0.307 e. The number of rotatable bonds is 3. The Bertz CT molecular complexity index is 740. The molecule has 0 unspecified atom stereocenters. The highest BCUT2D eigenvalue weighted by molar-refractivity contribution is 6.02. The number of benzene rings is 1. The van der Waals surface area contributed by atoms with Crippen molar-refractivity contribution in [1.29, 1.82) is 0 Å². The molecule has 21 heavy (non-hydrogen) atoms. The van der Waals surface area contributed by atoms with E-state index in [2.05, 4.69) is 10.4 Å². The Hall–Kier alpha value is -2.44. The number of aryl methyl sites for hydroxylation is 1. The fourth-order valence-corrected chi connectivity index (χ4v) is 2.68. The summed E-state index contributed by atoms with van der Waals surface area (Å²) < 4.78 is 15.4. The number of carbonyl (C=O) groups excluding carboxylic acids is 1. The van der Waals surface area contributed by atoms with Gasteiger partial charge in [0, 0.05) is 7.05 Å². The molecule has 1 aromatic heterocycles. The number of halogens is 1. The van der Waals surface area contributed by atoms with E-state index < -0.39 is 29.5 Å². The van der Waals surface area contributed by atoms with Crippen LogP contribution in [0.25, 0.3) is 10.9 Å². The van der Waals surface area contributed by atoms with Gasteiger partial charge in [0.2, 0.25) is 5.91 Å². The van der Waals surface area contributed by atoms with Gasteiger partial charge in [-0.2, -0.15) is 5.10 Å². The number of fused-ring (bicyclic) bond motifs is 1. The molecule has 2 atom stereocenters. The van der Waals surface area contributed by atoms with Crippen molar-refractivity contribution in [2.75, 3.05) is 5.32 Å². The SMILES string of the molecule is Cn1nc(NC(=O)[C@@H]2CC[C@H]2C(=O)O)c2c(F)cccc21. The molecular weight excluding hydrogens is 277 g/mol. The molecule has 1 fully saturated rings. The second-order valence-corrected chi connectivity index (χ2v) is 5.22. The van der Waals surface area contributed by atoms with Crippen LogP contribution in [-0.2, 0) is 16.6 Å². The molecular formula is C14H14FN3O3. The summed E-state index contributed by atoms with van der Waals surface area (Å²) in [6, 6.07) is 4.56. The lowest BCUT2D eigenvalue weighted by Gasteiger charge is -2.31. The molecule has 0 bridgehead atoms. The van der Waals surface area contributed by atoms with E-state index in [4.69, 9.17) is 5.11 Å². The van der Waals surface area contributed by atoms with Crippen LogP contribution < -0.4 is 5.32 Å². The highest BCUT2D eigenvalue weighted by Gasteiger charge is 2.41. The van der Waals surface area contributed by atoms with Gasteiger partial charge in [0.05, 0.1) is 22.7 Å². The average Bonchev–Trinajstić information content (AvgIpc) is 2.65. The zero-order valence-electron chi connectivity index (χ0n) is 11.3. The Labute approximate surface area is 119 Å². The van der Waals surface area contributed by atoms with Crippen LogP contribution in [0.5, 0.6) is 0 Å². The second kappa shape index (κ2) is 4.83. The van der Waals surface area contributed by atoms with Gasteiger partial charge in [0.15, 0.2) is 5.82 Å². The molecule has 6 nitrogen and oxygen atoms in total. The summed E-state index contributed by atoms with van der Waals surface area (Å²) in [4.78, 5) is 23.1. The number of hydrogen-bond donors (Lipinski definition) is 2. The van der Waals surface area contributed by atoms with Crippen LogP contribution in [0, 0.1) is 17.7 Å².